The molecular formula is C18H18N2O2S2. The summed E-state index contributed by atoms with van der Waals surface area (Å²) in [6.07, 6.45) is 0. The minimum absolute atomic E-state index is 0.107. The number of benzene rings is 1. The molecule has 0 fully saturated rings. The van der Waals surface area contributed by atoms with Gasteiger partial charge < -0.3 is 10.1 Å². The van der Waals surface area contributed by atoms with Gasteiger partial charge in [-0.25, -0.2) is 4.98 Å². The second-order valence-electron chi connectivity index (χ2n) is 5.38. The quantitative estimate of drug-likeness (QED) is 0.720. The van der Waals surface area contributed by atoms with E-state index in [1.165, 1.54) is 11.3 Å². The zero-order chi connectivity index (χ0) is 17.1. The zero-order valence-electron chi connectivity index (χ0n) is 13.7. The summed E-state index contributed by atoms with van der Waals surface area (Å²) >= 11 is 3.05. The molecule has 0 aliphatic heterocycles. The Balaban J connectivity index is 1.80. The van der Waals surface area contributed by atoms with Gasteiger partial charge in [0.1, 0.15) is 15.6 Å². The van der Waals surface area contributed by atoms with Crippen molar-refractivity contribution in [3.05, 3.63) is 57.2 Å². The fourth-order valence-electron chi connectivity index (χ4n) is 2.48. The fraction of sp³-hybridized carbons (Fsp3) is 0.222. The van der Waals surface area contributed by atoms with Crippen LogP contribution in [0.4, 0.5) is 0 Å². The summed E-state index contributed by atoms with van der Waals surface area (Å²) in [6, 6.07) is 9.57. The van der Waals surface area contributed by atoms with Crippen LogP contribution in [-0.2, 0) is 0 Å². The van der Waals surface area contributed by atoms with Gasteiger partial charge in [-0.1, -0.05) is 18.2 Å². The molecule has 1 atom stereocenters. The maximum Gasteiger partial charge on any atom is 0.263 e. The minimum Gasteiger partial charge on any atom is -0.496 e. The number of rotatable bonds is 5. The van der Waals surface area contributed by atoms with E-state index in [4.69, 9.17) is 4.74 Å². The second-order valence-corrected chi connectivity index (χ2v) is 7.16. The van der Waals surface area contributed by atoms with Gasteiger partial charge in [0.2, 0.25) is 0 Å². The molecule has 1 amide bonds. The molecule has 4 nitrogen and oxygen atoms in total. The number of aryl methyl sites for hydroxylation is 1. The molecule has 0 aliphatic rings. The van der Waals surface area contributed by atoms with E-state index in [-0.39, 0.29) is 11.9 Å². The first-order valence-electron chi connectivity index (χ1n) is 7.54. The fourth-order valence-corrected chi connectivity index (χ4v) is 4.16. The minimum atomic E-state index is -0.153. The van der Waals surface area contributed by atoms with Gasteiger partial charge in [0.05, 0.1) is 18.8 Å². The second kappa shape index (κ2) is 7.15. The van der Waals surface area contributed by atoms with Crippen molar-refractivity contribution in [3.8, 4) is 16.3 Å². The van der Waals surface area contributed by atoms with Crippen molar-refractivity contribution in [2.24, 2.45) is 0 Å². The van der Waals surface area contributed by atoms with Crippen LogP contribution in [0.1, 0.15) is 33.9 Å². The molecule has 1 N–H and O–H groups in total. The molecule has 0 bridgehead atoms. The molecule has 6 heteroatoms. The normalized spacial score (nSPS) is 12.0. The summed E-state index contributed by atoms with van der Waals surface area (Å²) in [4.78, 5) is 17.8. The van der Waals surface area contributed by atoms with Gasteiger partial charge in [-0.15, -0.1) is 11.3 Å². The van der Waals surface area contributed by atoms with Crippen molar-refractivity contribution in [2.75, 3.05) is 7.11 Å². The summed E-state index contributed by atoms with van der Waals surface area (Å²) in [6.45, 7) is 3.82. The molecule has 0 radical (unpaired) electrons. The molecule has 0 saturated carbocycles. The number of para-hydroxylation sites is 1. The van der Waals surface area contributed by atoms with Gasteiger partial charge >= 0.3 is 0 Å². The average Bonchev–Trinajstić information content (AvgIpc) is 3.24. The first-order valence-corrected chi connectivity index (χ1v) is 9.30. The number of ether oxygens (including phenoxy) is 1. The topological polar surface area (TPSA) is 51.2 Å². The molecule has 0 saturated heterocycles. The van der Waals surface area contributed by atoms with E-state index in [0.717, 1.165) is 27.6 Å². The van der Waals surface area contributed by atoms with Crippen LogP contribution in [0.2, 0.25) is 0 Å². The summed E-state index contributed by atoms with van der Waals surface area (Å²) < 4.78 is 5.37. The molecule has 24 heavy (non-hydrogen) atoms. The number of hydrogen-bond donors (Lipinski definition) is 1. The first-order chi connectivity index (χ1) is 11.6. The Morgan fingerprint density at radius 1 is 1.29 bits per heavy atom. The average molecular weight is 358 g/mol. The van der Waals surface area contributed by atoms with Crippen LogP contribution < -0.4 is 10.1 Å². The van der Waals surface area contributed by atoms with Crippen LogP contribution >= 0.6 is 22.7 Å². The maximum atomic E-state index is 12.7. The number of methoxy groups -OCH3 is 1. The van der Waals surface area contributed by atoms with Crippen LogP contribution in [0.5, 0.6) is 5.75 Å². The van der Waals surface area contributed by atoms with Gasteiger partial charge in [0.15, 0.2) is 0 Å². The predicted molar refractivity (Wildman–Crippen MR) is 99.0 cm³/mol. The molecule has 0 aliphatic carbocycles. The highest BCUT2D eigenvalue weighted by molar-refractivity contribution is 7.17. The van der Waals surface area contributed by atoms with E-state index in [1.54, 1.807) is 18.4 Å². The van der Waals surface area contributed by atoms with Crippen molar-refractivity contribution in [2.45, 2.75) is 19.9 Å². The van der Waals surface area contributed by atoms with E-state index in [2.05, 4.69) is 10.3 Å². The number of hydrogen-bond acceptors (Lipinski definition) is 5. The van der Waals surface area contributed by atoms with Crippen LogP contribution in [-0.4, -0.2) is 18.0 Å². The van der Waals surface area contributed by atoms with E-state index >= 15 is 0 Å². The lowest BCUT2D eigenvalue weighted by Gasteiger charge is -2.16. The van der Waals surface area contributed by atoms with Crippen molar-refractivity contribution in [1.82, 2.24) is 10.3 Å². The Bertz CT molecular complexity index is 841. The molecule has 3 aromatic rings. The predicted octanol–water partition coefficient (Wildman–Crippen LogP) is 4.68. The lowest BCUT2D eigenvalue weighted by Crippen LogP contribution is -2.26. The van der Waals surface area contributed by atoms with Crippen molar-refractivity contribution < 1.29 is 9.53 Å². The molecule has 0 unspecified atom stereocenters. The van der Waals surface area contributed by atoms with Crippen LogP contribution in [0.15, 0.2) is 41.1 Å². The number of nitrogens with zero attached hydrogens (tertiary/aromatic N) is 1. The van der Waals surface area contributed by atoms with Crippen LogP contribution in [0.25, 0.3) is 10.6 Å². The molecule has 2 heterocycles. The Labute approximate surface area is 149 Å². The Kier molecular flexibility index (Phi) is 4.97. The maximum absolute atomic E-state index is 12.7. The molecule has 2 aromatic heterocycles. The largest absolute Gasteiger partial charge is 0.496 e. The van der Waals surface area contributed by atoms with Gasteiger partial charge in [0, 0.05) is 16.5 Å². The standard InChI is InChI=1S/C18H18N2O2S2/c1-11(14-6-4-5-7-15(14)22-3)19-17(21)16-12(2)20-18(24-16)13-8-9-23-10-13/h4-11H,1-3H3,(H,19,21)/t11-/m0/s1. The number of aromatic nitrogens is 1. The monoisotopic (exact) mass is 358 g/mol. The Morgan fingerprint density at radius 3 is 2.79 bits per heavy atom. The van der Waals surface area contributed by atoms with E-state index in [9.17, 15) is 4.79 Å². The highest BCUT2D eigenvalue weighted by Crippen LogP contribution is 2.30. The summed E-state index contributed by atoms with van der Waals surface area (Å²) in [5.41, 5.74) is 2.77. The smallest absolute Gasteiger partial charge is 0.263 e. The van der Waals surface area contributed by atoms with Crippen molar-refractivity contribution in [3.63, 3.8) is 0 Å². The molecular weight excluding hydrogens is 340 g/mol. The number of nitrogens with one attached hydrogen (secondary N) is 1. The molecule has 0 spiro atoms. The number of amides is 1. The van der Waals surface area contributed by atoms with Crippen LogP contribution in [0.3, 0.4) is 0 Å². The SMILES string of the molecule is COc1ccccc1[C@H](C)NC(=O)c1sc(-c2ccsc2)nc1C. The third-order valence-corrected chi connectivity index (χ3v) is 5.61. The van der Waals surface area contributed by atoms with E-state index < -0.39 is 0 Å². The number of thiazole rings is 1. The molecule has 124 valence electrons. The Morgan fingerprint density at radius 2 is 2.08 bits per heavy atom. The first kappa shape index (κ1) is 16.7. The highest BCUT2D eigenvalue weighted by Gasteiger charge is 2.20. The number of carbonyl (C=O) groups is 1. The Hall–Kier alpha value is -2.18. The van der Waals surface area contributed by atoms with Gasteiger partial charge in [-0.05, 0) is 31.4 Å². The highest BCUT2D eigenvalue weighted by atomic mass is 32.1. The number of carbonyl (C=O) groups excluding carboxylic acids is 1. The van der Waals surface area contributed by atoms with Gasteiger partial charge in [0.25, 0.3) is 5.91 Å². The summed E-state index contributed by atoms with van der Waals surface area (Å²) in [7, 11) is 1.63. The molecule has 3 rings (SSSR count). The number of thiophene rings is 1. The lowest BCUT2D eigenvalue weighted by atomic mass is 10.1. The lowest BCUT2D eigenvalue weighted by molar-refractivity contribution is 0.0943. The molecule has 1 aromatic carbocycles. The summed E-state index contributed by atoms with van der Waals surface area (Å²) in [5, 5.41) is 7.97. The van der Waals surface area contributed by atoms with Gasteiger partial charge in [-0.2, -0.15) is 11.3 Å². The van der Waals surface area contributed by atoms with Gasteiger partial charge in [-0.3, -0.25) is 4.79 Å². The third-order valence-electron chi connectivity index (χ3n) is 3.72. The van der Waals surface area contributed by atoms with Crippen molar-refractivity contribution >= 4 is 28.6 Å². The van der Waals surface area contributed by atoms with Crippen LogP contribution in [0, 0.1) is 6.92 Å². The zero-order valence-corrected chi connectivity index (χ0v) is 15.3. The van der Waals surface area contributed by atoms with E-state index in [1.807, 2.05) is 54.9 Å². The summed E-state index contributed by atoms with van der Waals surface area (Å²) in [5.74, 6) is 0.662. The van der Waals surface area contributed by atoms with E-state index in [0.29, 0.717) is 4.88 Å². The third kappa shape index (κ3) is 3.34. The van der Waals surface area contributed by atoms with Crippen molar-refractivity contribution in [1.29, 1.82) is 0 Å².